The first-order chi connectivity index (χ1) is 14.0. The number of benzene rings is 2. The average molecular weight is 407 g/mol. The van der Waals surface area contributed by atoms with Gasteiger partial charge in [0.15, 0.2) is 5.69 Å². The minimum Gasteiger partial charge on any atom is -0.464 e. The van der Waals surface area contributed by atoms with Gasteiger partial charge in [0, 0.05) is 22.3 Å². The Morgan fingerprint density at radius 1 is 1.03 bits per heavy atom. The zero-order valence-electron chi connectivity index (χ0n) is 16.4. The summed E-state index contributed by atoms with van der Waals surface area (Å²) in [6, 6.07) is 18.7. The van der Waals surface area contributed by atoms with Crippen LogP contribution in [-0.2, 0) is 4.74 Å². The van der Waals surface area contributed by atoms with Crippen molar-refractivity contribution in [1.29, 1.82) is 0 Å². The fourth-order valence-electron chi connectivity index (χ4n) is 3.41. The van der Waals surface area contributed by atoms with Crippen LogP contribution in [0.1, 0.15) is 34.8 Å². The van der Waals surface area contributed by atoms with E-state index in [4.69, 9.17) is 4.74 Å². The normalized spacial score (nSPS) is 18.2. The van der Waals surface area contributed by atoms with Gasteiger partial charge in [0.1, 0.15) is 5.69 Å². The first-order valence-corrected chi connectivity index (χ1v) is 10.2. The Morgan fingerprint density at radius 3 is 2.45 bits per heavy atom. The Balaban J connectivity index is 1.85. The second-order valence-electron chi connectivity index (χ2n) is 6.86. The number of carbonyl (C=O) groups is 2. The molecule has 1 aromatic heterocycles. The van der Waals surface area contributed by atoms with Crippen molar-refractivity contribution < 1.29 is 14.3 Å². The average Bonchev–Trinajstić information content (AvgIpc) is 3.20. The van der Waals surface area contributed by atoms with E-state index in [0.29, 0.717) is 11.4 Å². The molecular weight excluding hydrogens is 386 g/mol. The highest BCUT2D eigenvalue weighted by molar-refractivity contribution is 8.00. The Bertz CT molecular complexity index is 1060. The molecule has 2 heterocycles. The molecule has 3 aromatic rings. The number of hydrogen-bond donors (Lipinski definition) is 0. The van der Waals surface area contributed by atoms with Crippen LogP contribution in [0, 0.1) is 0 Å². The molecule has 0 spiro atoms. The molecule has 0 unspecified atom stereocenters. The molecule has 2 atom stereocenters. The number of esters is 1. The summed E-state index contributed by atoms with van der Waals surface area (Å²) >= 11 is 1.76. The fourth-order valence-corrected chi connectivity index (χ4v) is 4.57. The summed E-state index contributed by atoms with van der Waals surface area (Å²) in [7, 11) is 1.30. The third-order valence-electron chi connectivity index (χ3n) is 5.07. The van der Waals surface area contributed by atoms with Crippen molar-refractivity contribution in [3.05, 3.63) is 72.1 Å². The molecule has 7 heteroatoms. The molecule has 0 saturated carbocycles. The SMILES string of the molecule is COC(=O)c1cc(C(=O)N2c3ccccc3S[C@@H](C)[C@H]2C)n(-c2ccccc2)n1. The van der Waals surface area contributed by atoms with E-state index >= 15 is 0 Å². The quantitative estimate of drug-likeness (QED) is 0.609. The number of carbonyl (C=O) groups excluding carboxylic acids is 2. The van der Waals surface area contributed by atoms with Gasteiger partial charge in [0.2, 0.25) is 0 Å². The number of anilines is 1. The zero-order chi connectivity index (χ0) is 20.5. The van der Waals surface area contributed by atoms with Crippen LogP contribution in [0.25, 0.3) is 5.69 Å². The molecular formula is C22H21N3O3S. The van der Waals surface area contributed by atoms with Gasteiger partial charge in [-0.15, -0.1) is 11.8 Å². The highest BCUT2D eigenvalue weighted by Gasteiger charge is 2.35. The van der Waals surface area contributed by atoms with Gasteiger partial charge in [0.05, 0.1) is 18.5 Å². The van der Waals surface area contributed by atoms with Gasteiger partial charge < -0.3 is 9.64 Å². The first kappa shape index (κ1) is 19.3. The van der Waals surface area contributed by atoms with Gasteiger partial charge in [-0.2, -0.15) is 5.10 Å². The zero-order valence-corrected chi connectivity index (χ0v) is 17.2. The molecule has 2 aromatic carbocycles. The number of methoxy groups -OCH3 is 1. The third kappa shape index (κ3) is 3.42. The van der Waals surface area contributed by atoms with E-state index in [1.165, 1.54) is 17.9 Å². The van der Waals surface area contributed by atoms with Gasteiger partial charge in [-0.25, -0.2) is 9.48 Å². The Hall–Kier alpha value is -3.06. The van der Waals surface area contributed by atoms with Crippen molar-refractivity contribution in [2.75, 3.05) is 12.0 Å². The molecule has 0 N–H and O–H groups in total. The summed E-state index contributed by atoms with van der Waals surface area (Å²) < 4.78 is 6.33. The smallest absolute Gasteiger partial charge is 0.358 e. The molecule has 0 fully saturated rings. The molecule has 0 saturated heterocycles. The molecule has 0 radical (unpaired) electrons. The first-order valence-electron chi connectivity index (χ1n) is 9.34. The van der Waals surface area contributed by atoms with Gasteiger partial charge in [-0.05, 0) is 31.2 Å². The maximum Gasteiger partial charge on any atom is 0.358 e. The Labute approximate surface area is 173 Å². The van der Waals surface area contributed by atoms with E-state index in [0.717, 1.165) is 10.6 Å². The molecule has 1 aliphatic heterocycles. The van der Waals surface area contributed by atoms with Crippen molar-refractivity contribution in [3.63, 3.8) is 0 Å². The highest BCUT2D eigenvalue weighted by Crippen LogP contribution is 2.42. The lowest BCUT2D eigenvalue weighted by atomic mass is 10.1. The molecule has 0 aliphatic carbocycles. The number of amides is 1. The summed E-state index contributed by atoms with van der Waals surface area (Å²) in [6.07, 6.45) is 0. The van der Waals surface area contributed by atoms with Crippen molar-refractivity contribution in [3.8, 4) is 5.69 Å². The number of thioether (sulfide) groups is 1. The van der Waals surface area contributed by atoms with Gasteiger partial charge in [-0.1, -0.05) is 37.3 Å². The molecule has 0 bridgehead atoms. The largest absolute Gasteiger partial charge is 0.464 e. The van der Waals surface area contributed by atoms with Crippen LogP contribution in [0.4, 0.5) is 5.69 Å². The second kappa shape index (κ2) is 7.75. The molecule has 148 valence electrons. The van der Waals surface area contributed by atoms with Crippen molar-refractivity contribution in [2.45, 2.75) is 30.0 Å². The van der Waals surface area contributed by atoms with Crippen molar-refractivity contribution >= 4 is 29.3 Å². The van der Waals surface area contributed by atoms with Crippen LogP contribution in [-0.4, -0.2) is 40.1 Å². The number of nitrogens with zero attached hydrogens (tertiary/aromatic N) is 3. The summed E-state index contributed by atoms with van der Waals surface area (Å²) in [6.45, 7) is 4.15. The predicted octanol–water partition coefficient (Wildman–Crippen LogP) is 4.19. The van der Waals surface area contributed by atoms with E-state index in [2.05, 4.69) is 12.0 Å². The van der Waals surface area contributed by atoms with Gasteiger partial charge >= 0.3 is 5.97 Å². The number of aromatic nitrogens is 2. The lowest BCUT2D eigenvalue weighted by molar-refractivity contribution is 0.0593. The van der Waals surface area contributed by atoms with Gasteiger partial charge in [0.25, 0.3) is 5.91 Å². The van der Waals surface area contributed by atoms with E-state index in [1.54, 1.807) is 16.7 Å². The topological polar surface area (TPSA) is 64.4 Å². The monoisotopic (exact) mass is 407 g/mol. The highest BCUT2D eigenvalue weighted by atomic mass is 32.2. The fraction of sp³-hybridized carbons (Fsp3) is 0.227. The molecule has 6 nitrogen and oxygen atoms in total. The number of fused-ring (bicyclic) bond motifs is 1. The van der Waals surface area contributed by atoms with E-state index in [1.807, 2.05) is 61.5 Å². The second-order valence-corrected chi connectivity index (χ2v) is 8.28. The van der Waals surface area contributed by atoms with Crippen LogP contribution in [0.3, 0.4) is 0 Å². The maximum absolute atomic E-state index is 13.7. The number of rotatable bonds is 3. The standard InChI is InChI=1S/C22H21N3O3S/c1-14-15(2)29-20-12-8-7-11-18(20)24(14)21(26)19-13-17(22(27)28-3)23-25(19)16-9-5-4-6-10-16/h4-15H,1-3H3/t14-,15+/m1/s1. The number of ether oxygens (including phenoxy) is 1. The molecule has 1 aliphatic rings. The minimum absolute atomic E-state index is 0.0249. The Morgan fingerprint density at radius 2 is 1.72 bits per heavy atom. The minimum atomic E-state index is -0.579. The summed E-state index contributed by atoms with van der Waals surface area (Å²) in [4.78, 5) is 28.7. The summed E-state index contributed by atoms with van der Waals surface area (Å²) in [5.41, 5.74) is 1.98. The lowest BCUT2D eigenvalue weighted by Gasteiger charge is -2.38. The van der Waals surface area contributed by atoms with Crippen LogP contribution >= 0.6 is 11.8 Å². The number of hydrogen-bond acceptors (Lipinski definition) is 5. The van der Waals surface area contributed by atoms with Crippen molar-refractivity contribution in [1.82, 2.24) is 9.78 Å². The third-order valence-corrected chi connectivity index (χ3v) is 6.43. The van der Waals surface area contributed by atoms with Crippen LogP contribution in [0.15, 0.2) is 65.6 Å². The van der Waals surface area contributed by atoms with Gasteiger partial charge in [-0.3, -0.25) is 4.79 Å². The van der Waals surface area contributed by atoms with Crippen LogP contribution in [0.2, 0.25) is 0 Å². The van der Waals surface area contributed by atoms with E-state index in [-0.39, 0.29) is 22.9 Å². The molecule has 29 heavy (non-hydrogen) atoms. The van der Waals surface area contributed by atoms with E-state index in [9.17, 15) is 9.59 Å². The number of para-hydroxylation sites is 2. The van der Waals surface area contributed by atoms with Crippen molar-refractivity contribution in [2.24, 2.45) is 0 Å². The molecule has 4 rings (SSSR count). The predicted molar refractivity (Wildman–Crippen MR) is 113 cm³/mol. The molecule has 1 amide bonds. The lowest BCUT2D eigenvalue weighted by Crippen LogP contribution is -2.46. The summed E-state index contributed by atoms with van der Waals surface area (Å²) in [5, 5.41) is 4.58. The summed E-state index contributed by atoms with van der Waals surface area (Å²) in [5.74, 6) is -0.784. The maximum atomic E-state index is 13.7. The van der Waals surface area contributed by atoms with Crippen LogP contribution < -0.4 is 4.90 Å². The Kier molecular flexibility index (Phi) is 5.15. The van der Waals surface area contributed by atoms with Crippen LogP contribution in [0.5, 0.6) is 0 Å². The van der Waals surface area contributed by atoms with E-state index < -0.39 is 5.97 Å².